The first-order valence-electron chi connectivity index (χ1n) is 9.42. The summed E-state index contributed by atoms with van der Waals surface area (Å²) >= 11 is 0. The fourth-order valence-corrected chi connectivity index (χ4v) is 3.59. The first kappa shape index (κ1) is 23.8. The number of allylic oxidation sites excluding steroid dienone is 3. The molecule has 146 valence electrons. The van der Waals surface area contributed by atoms with Gasteiger partial charge in [-0.3, -0.25) is 0 Å². The first-order chi connectivity index (χ1) is 12.2. The average molecular weight is 371 g/mol. The zero-order valence-corrected chi connectivity index (χ0v) is 18.7. The molecule has 0 spiro atoms. The van der Waals surface area contributed by atoms with Gasteiger partial charge in [-0.2, -0.15) is 0 Å². The van der Waals surface area contributed by atoms with Gasteiger partial charge in [0, 0.05) is 6.61 Å². The minimum Gasteiger partial charge on any atom is -0.502 e. The van der Waals surface area contributed by atoms with Crippen molar-refractivity contribution < 1.29 is 18.6 Å². The normalized spacial score (nSPS) is 14.5. The highest BCUT2D eigenvalue weighted by molar-refractivity contribution is 5.97. The molecule has 4 nitrogen and oxygen atoms in total. The number of hydrogen-bond donors (Lipinski definition) is 0. The maximum Gasteiger partial charge on any atom is 0.145 e. The van der Waals surface area contributed by atoms with Gasteiger partial charge >= 0.3 is 0 Å². The van der Waals surface area contributed by atoms with E-state index in [0.29, 0.717) is 0 Å². The van der Waals surface area contributed by atoms with Gasteiger partial charge in [0.05, 0.1) is 38.6 Å². The van der Waals surface area contributed by atoms with Gasteiger partial charge in [0.2, 0.25) is 0 Å². The van der Waals surface area contributed by atoms with Gasteiger partial charge in [0.15, 0.2) is 0 Å². The minimum absolute atomic E-state index is 0.194. The summed E-state index contributed by atoms with van der Waals surface area (Å²) in [6.45, 7) is 9.02. The van der Waals surface area contributed by atoms with Crippen LogP contribution in [0.25, 0.3) is 0 Å². The summed E-state index contributed by atoms with van der Waals surface area (Å²) in [6.07, 6.45) is 17.5. The van der Waals surface area contributed by atoms with E-state index < -0.39 is 0 Å². The van der Waals surface area contributed by atoms with Crippen molar-refractivity contribution in [1.29, 1.82) is 0 Å². The molecule has 0 rings (SSSR count). The predicted molar refractivity (Wildman–Crippen MR) is 108 cm³/mol. The van der Waals surface area contributed by atoms with Crippen molar-refractivity contribution in [3.63, 3.8) is 0 Å². The molecule has 0 aromatic heterocycles. The fourth-order valence-electron chi connectivity index (χ4n) is 2.98. The van der Waals surface area contributed by atoms with E-state index >= 15 is 0 Å². The number of ether oxygens (including phenoxy) is 3. The van der Waals surface area contributed by atoms with Crippen molar-refractivity contribution in [2.24, 2.45) is 5.41 Å². The standard InChI is InChI=1S/C20H38O4Si/c1-4-13-21-16-7-10-20(19-24-25,11-8-17-22-14-5-2)12-9-18-23-15-6-3/h4-6,13-15H,7-12,16-19H2,1-3,25H3. The van der Waals surface area contributed by atoms with E-state index in [2.05, 4.69) is 0 Å². The van der Waals surface area contributed by atoms with E-state index in [1.54, 1.807) is 18.8 Å². The SMILES string of the molecule is CC=COCCCC(CCCOC=CC)(CCCOC=CC)CO[SiH3]. The zero-order valence-electron chi connectivity index (χ0n) is 16.7. The molecular weight excluding hydrogens is 332 g/mol. The molecule has 0 radical (unpaired) electrons. The lowest BCUT2D eigenvalue weighted by molar-refractivity contribution is 0.0833. The molecule has 0 aliphatic heterocycles. The Morgan fingerprint density at radius 2 is 1.04 bits per heavy atom. The molecule has 0 aromatic rings. The third-order valence-corrected chi connectivity index (χ3v) is 4.34. The monoisotopic (exact) mass is 370 g/mol. The van der Waals surface area contributed by atoms with Gasteiger partial charge < -0.3 is 18.6 Å². The van der Waals surface area contributed by atoms with Crippen molar-refractivity contribution in [2.75, 3.05) is 26.4 Å². The van der Waals surface area contributed by atoms with Crippen LogP contribution in [0.15, 0.2) is 37.0 Å². The van der Waals surface area contributed by atoms with E-state index in [0.717, 1.165) is 75.4 Å². The molecule has 0 saturated carbocycles. The van der Waals surface area contributed by atoms with Crippen LogP contribution >= 0.6 is 0 Å². The smallest absolute Gasteiger partial charge is 0.145 e. The third kappa shape index (κ3) is 13.7. The summed E-state index contributed by atoms with van der Waals surface area (Å²) < 4.78 is 22.2. The van der Waals surface area contributed by atoms with Crippen LogP contribution in [0.5, 0.6) is 0 Å². The van der Waals surface area contributed by atoms with E-state index in [9.17, 15) is 0 Å². The predicted octanol–water partition coefficient (Wildman–Crippen LogP) is 4.26. The molecule has 0 aliphatic carbocycles. The molecule has 0 unspecified atom stereocenters. The molecule has 0 aliphatic rings. The molecule has 0 N–H and O–H groups in total. The lowest BCUT2D eigenvalue weighted by Gasteiger charge is -2.34. The first-order valence-corrected chi connectivity index (χ1v) is 10.2. The Morgan fingerprint density at radius 1 is 0.680 bits per heavy atom. The summed E-state index contributed by atoms with van der Waals surface area (Å²) in [5.74, 6) is 0. The highest BCUT2D eigenvalue weighted by atomic mass is 28.2. The average Bonchev–Trinajstić information content (AvgIpc) is 2.61. The van der Waals surface area contributed by atoms with Crippen LogP contribution in [0.2, 0.25) is 0 Å². The van der Waals surface area contributed by atoms with Crippen LogP contribution in [0.3, 0.4) is 0 Å². The van der Waals surface area contributed by atoms with Crippen LogP contribution in [-0.2, 0) is 18.6 Å². The molecule has 0 bridgehead atoms. The van der Waals surface area contributed by atoms with Crippen molar-refractivity contribution in [1.82, 2.24) is 0 Å². The Morgan fingerprint density at radius 3 is 1.32 bits per heavy atom. The van der Waals surface area contributed by atoms with Crippen LogP contribution in [0.1, 0.15) is 59.3 Å². The quantitative estimate of drug-likeness (QED) is 0.218. The second-order valence-corrected chi connectivity index (χ2v) is 6.84. The molecule has 25 heavy (non-hydrogen) atoms. The largest absolute Gasteiger partial charge is 0.502 e. The second-order valence-electron chi connectivity index (χ2n) is 6.26. The van der Waals surface area contributed by atoms with E-state index in [-0.39, 0.29) is 5.41 Å². The van der Waals surface area contributed by atoms with Gasteiger partial charge in [-0.05, 0) is 64.7 Å². The molecule has 0 amide bonds. The Hall–Kier alpha value is -1.20. The third-order valence-electron chi connectivity index (χ3n) is 4.06. The Labute approximate surface area is 157 Å². The van der Waals surface area contributed by atoms with Crippen LogP contribution in [0.4, 0.5) is 0 Å². The maximum absolute atomic E-state index is 5.72. The molecule has 0 saturated heterocycles. The summed E-state index contributed by atoms with van der Waals surface area (Å²) in [5.41, 5.74) is 0.194. The van der Waals surface area contributed by atoms with Crippen molar-refractivity contribution in [3.8, 4) is 0 Å². The lowest BCUT2D eigenvalue weighted by atomic mass is 9.76. The molecular formula is C20H38O4Si. The van der Waals surface area contributed by atoms with Gasteiger partial charge in [0.1, 0.15) is 10.5 Å². The van der Waals surface area contributed by atoms with Gasteiger partial charge in [0.25, 0.3) is 0 Å². The van der Waals surface area contributed by atoms with Crippen molar-refractivity contribution >= 4 is 10.5 Å². The topological polar surface area (TPSA) is 36.9 Å². The highest BCUT2D eigenvalue weighted by Crippen LogP contribution is 2.35. The van der Waals surface area contributed by atoms with Crippen molar-refractivity contribution in [3.05, 3.63) is 37.0 Å². The van der Waals surface area contributed by atoms with Gasteiger partial charge in [-0.15, -0.1) is 0 Å². The van der Waals surface area contributed by atoms with Crippen molar-refractivity contribution in [2.45, 2.75) is 59.3 Å². The maximum atomic E-state index is 5.72. The van der Waals surface area contributed by atoms with E-state index in [1.807, 2.05) is 39.0 Å². The Balaban J connectivity index is 4.54. The molecule has 0 heterocycles. The molecule has 5 heteroatoms. The molecule has 0 atom stereocenters. The van der Waals surface area contributed by atoms with Crippen LogP contribution < -0.4 is 0 Å². The minimum atomic E-state index is 0.194. The van der Waals surface area contributed by atoms with E-state index in [1.165, 1.54) is 0 Å². The second kappa shape index (κ2) is 17.6. The summed E-state index contributed by atoms with van der Waals surface area (Å²) in [6, 6.07) is 0. The zero-order chi connectivity index (χ0) is 18.6. The molecule has 0 fully saturated rings. The Bertz CT molecular complexity index is 316. The number of hydrogen-bond acceptors (Lipinski definition) is 4. The summed E-state index contributed by atoms with van der Waals surface area (Å²) in [7, 11) is 0.774. The summed E-state index contributed by atoms with van der Waals surface area (Å²) in [4.78, 5) is 0. The molecule has 0 aromatic carbocycles. The van der Waals surface area contributed by atoms with Crippen LogP contribution in [0, 0.1) is 5.41 Å². The fraction of sp³-hybridized carbons (Fsp3) is 0.700. The van der Waals surface area contributed by atoms with Gasteiger partial charge in [-0.1, -0.05) is 18.2 Å². The summed E-state index contributed by atoms with van der Waals surface area (Å²) in [5, 5.41) is 0. The Kier molecular flexibility index (Phi) is 16.8. The lowest BCUT2D eigenvalue weighted by Crippen LogP contribution is -2.28. The van der Waals surface area contributed by atoms with E-state index in [4.69, 9.17) is 18.6 Å². The number of rotatable bonds is 17. The van der Waals surface area contributed by atoms with Gasteiger partial charge in [-0.25, -0.2) is 0 Å². The van der Waals surface area contributed by atoms with Crippen LogP contribution in [-0.4, -0.2) is 36.9 Å². The highest BCUT2D eigenvalue weighted by Gasteiger charge is 2.28.